The number of rotatable bonds is 6. The largest absolute Gasteiger partial charge is 0.495 e. The van der Waals surface area contributed by atoms with Gasteiger partial charge in [-0.15, -0.1) is 0 Å². The van der Waals surface area contributed by atoms with E-state index in [2.05, 4.69) is 20.6 Å². The summed E-state index contributed by atoms with van der Waals surface area (Å²) in [6, 6.07) is 19.1. The van der Waals surface area contributed by atoms with Crippen molar-refractivity contribution in [1.82, 2.24) is 9.97 Å². The van der Waals surface area contributed by atoms with Crippen LogP contribution in [0.15, 0.2) is 60.7 Å². The lowest BCUT2D eigenvalue weighted by Crippen LogP contribution is -2.19. The average Bonchev–Trinajstić information content (AvgIpc) is 3.27. The predicted octanol–water partition coefficient (Wildman–Crippen LogP) is 4.76. The summed E-state index contributed by atoms with van der Waals surface area (Å²) in [5.41, 5.74) is 1.78. The van der Waals surface area contributed by atoms with Crippen molar-refractivity contribution in [3.63, 3.8) is 0 Å². The molecule has 1 aromatic heterocycles. The molecule has 3 aromatic rings. The van der Waals surface area contributed by atoms with Crippen LogP contribution in [0.1, 0.15) is 36.2 Å². The maximum Gasteiger partial charge on any atom is 0.274 e. The number of hydrogen-bond acceptors (Lipinski definition) is 5. The molecule has 0 saturated heterocycles. The highest BCUT2D eigenvalue weighted by atomic mass is 16.5. The molecule has 0 bridgehead atoms. The Morgan fingerprint density at radius 1 is 1.00 bits per heavy atom. The monoisotopic (exact) mass is 388 g/mol. The summed E-state index contributed by atoms with van der Waals surface area (Å²) in [5.74, 6) is 1.50. The van der Waals surface area contributed by atoms with Gasteiger partial charge in [0.1, 0.15) is 17.3 Å². The number of nitrogens with one attached hydrogen (secondary N) is 2. The molecule has 0 atom stereocenters. The maximum atomic E-state index is 13.0. The second-order valence-corrected chi connectivity index (χ2v) is 7.11. The van der Waals surface area contributed by atoms with Crippen molar-refractivity contribution in [2.24, 2.45) is 0 Å². The first-order valence-corrected chi connectivity index (χ1v) is 9.88. The zero-order valence-electron chi connectivity index (χ0n) is 16.4. The molecule has 1 heterocycles. The molecule has 6 nitrogen and oxygen atoms in total. The van der Waals surface area contributed by atoms with Gasteiger partial charge in [-0.3, -0.25) is 4.79 Å². The third-order valence-electron chi connectivity index (χ3n) is 5.05. The molecule has 2 N–H and O–H groups in total. The Kier molecular flexibility index (Phi) is 5.70. The highest BCUT2D eigenvalue weighted by Crippen LogP contribution is 2.26. The third kappa shape index (κ3) is 4.54. The molecule has 1 aliphatic carbocycles. The van der Waals surface area contributed by atoms with Gasteiger partial charge in [0.2, 0.25) is 0 Å². The highest BCUT2D eigenvalue weighted by Gasteiger charge is 2.19. The van der Waals surface area contributed by atoms with E-state index >= 15 is 0 Å². The molecule has 1 aliphatic rings. The van der Waals surface area contributed by atoms with E-state index in [9.17, 15) is 4.79 Å². The molecule has 1 fully saturated rings. The van der Waals surface area contributed by atoms with Gasteiger partial charge < -0.3 is 15.4 Å². The second kappa shape index (κ2) is 8.73. The van der Waals surface area contributed by atoms with Gasteiger partial charge in [0, 0.05) is 17.7 Å². The van der Waals surface area contributed by atoms with Crippen LogP contribution < -0.4 is 15.4 Å². The Bertz CT molecular complexity index is 985. The summed E-state index contributed by atoms with van der Waals surface area (Å²) in [4.78, 5) is 22.2. The standard InChI is InChI=1S/C23H24N4O2/c1-29-20-14-8-7-13-18(20)26-23(28)19-15-21(24-17-11-5-6-12-17)27-22(25-19)16-9-3-2-4-10-16/h2-4,7-10,13-15,17H,5-6,11-12H2,1H3,(H,26,28)(H,24,25,27). The molecule has 29 heavy (non-hydrogen) atoms. The van der Waals surface area contributed by atoms with Gasteiger partial charge in [0.25, 0.3) is 5.91 Å². The van der Waals surface area contributed by atoms with E-state index in [1.54, 1.807) is 25.3 Å². The molecule has 0 radical (unpaired) electrons. The SMILES string of the molecule is COc1ccccc1NC(=O)c1cc(NC2CCCC2)nc(-c2ccccc2)n1. The molecule has 1 amide bonds. The van der Waals surface area contributed by atoms with Crippen LogP contribution in [0.25, 0.3) is 11.4 Å². The summed E-state index contributed by atoms with van der Waals surface area (Å²) in [7, 11) is 1.58. The minimum absolute atomic E-state index is 0.302. The Morgan fingerprint density at radius 2 is 1.72 bits per heavy atom. The number of nitrogens with zero attached hydrogens (tertiary/aromatic N) is 2. The van der Waals surface area contributed by atoms with Crippen molar-refractivity contribution in [3.8, 4) is 17.1 Å². The van der Waals surface area contributed by atoms with Crippen LogP contribution in [0, 0.1) is 0 Å². The van der Waals surface area contributed by atoms with Gasteiger partial charge in [-0.2, -0.15) is 0 Å². The van der Waals surface area contributed by atoms with Crippen molar-refractivity contribution in [1.29, 1.82) is 0 Å². The topological polar surface area (TPSA) is 76.1 Å². The van der Waals surface area contributed by atoms with Crippen LogP contribution in [0.4, 0.5) is 11.5 Å². The van der Waals surface area contributed by atoms with Crippen LogP contribution in [-0.2, 0) is 0 Å². The van der Waals surface area contributed by atoms with Gasteiger partial charge in [-0.05, 0) is 25.0 Å². The molecule has 0 spiro atoms. The number of anilines is 2. The number of aromatic nitrogens is 2. The van der Waals surface area contributed by atoms with Crippen molar-refractivity contribution < 1.29 is 9.53 Å². The molecular weight excluding hydrogens is 364 g/mol. The lowest BCUT2D eigenvalue weighted by atomic mass is 10.2. The Morgan fingerprint density at radius 3 is 2.48 bits per heavy atom. The fourth-order valence-electron chi connectivity index (χ4n) is 3.57. The Labute approximate surface area is 170 Å². The predicted molar refractivity (Wildman–Crippen MR) is 114 cm³/mol. The molecular formula is C23H24N4O2. The Balaban J connectivity index is 1.66. The average molecular weight is 388 g/mol. The van der Waals surface area contributed by atoms with Crippen LogP contribution in [0.3, 0.4) is 0 Å². The summed E-state index contributed by atoms with van der Waals surface area (Å²) < 4.78 is 5.33. The van der Waals surface area contributed by atoms with Gasteiger partial charge >= 0.3 is 0 Å². The fourth-order valence-corrected chi connectivity index (χ4v) is 3.57. The van der Waals surface area contributed by atoms with Gasteiger partial charge in [-0.25, -0.2) is 9.97 Å². The van der Waals surface area contributed by atoms with Crippen molar-refractivity contribution in [2.45, 2.75) is 31.7 Å². The van der Waals surface area contributed by atoms with Gasteiger partial charge in [-0.1, -0.05) is 55.3 Å². The van der Waals surface area contributed by atoms with E-state index < -0.39 is 0 Å². The summed E-state index contributed by atoms with van der Waals surface area (Å²) in [6.07, 6.45) is 4.67. The second-order valence-electron chi connectivity index (χ2n) is 7.11. The van der Waals surface area contributed by atoms with E-state index in [-0.39, 0.29) is 5.91 Å². The smallest absolute Gasteiger partial charge is 0.274 e. The summed E-state index contributed by atoms with van der Waals surface area (Å²) in [6.45, 7) is 0. The number of ether oxygens (including phenoxy) is 1. The zero-order chi connectivity index (χ0) is 20.1. The van der Waals surface area contributed by atoms with E-state index in [1.807, 2.05) is 42.5 Å². The number of amides is 1. The number of benzene rings is 2. The molecule has 6 heteroatoms. The number of carbonyl (C=O) groups is 1. The highest BCUT2D eigenvalue weighted by molar-refractivity contribution is 6.04. The molecule has 2 aromatic carbocycles. The third-order valence-corrected chi connectivity index (χ3v) is 5.05. The zero-order valence-corrected chi connectivity index (χ0v) is 16.4. The van der Waals surface area contributed by atoms with E-state index in [4.69, 9.17) is 4.74 Å². The summed E-state index contributed by atoms with van der Waals surface area (Å²) in [5, 5.41) is 6.37. The molecule has 4 rings (SSSR count). The van der Waals surface area contributed by atoms with E-state index in [0.29, 0.717) is 34.8 Å². The minimum atomic E-state index is -0.302. The van der Waals surface area contributed by atoms with Crippen LogP contribution in [0.2, 0.25) is 0 Å². The quantitative estimate of drug-likeness (QED) is 0.637. The fraction of sp³-hybridized carbons (Fsp3) is 0.261. The van der Waals surface area contributed by atoms with Crippen molar-refractivity contribution in [3.05, 3.63) is 66.4 Å². The molecule has 0 unspecified atom stereocenters. The normalized spacial score (nSPS) is 13.8. The van der Waals surface area contributed by atoms with E-state index in [1.165, 1.54) is 12.8 Å². The van der Waals surface area contributed by atoms with Crippen LogP contribution >= 0.6 is 0 Å². The van der Waals surface area contributed by atoms with Gasteiger partial charge in [0.05, 0.1) is 12.8 Å². The number of carbonyl (C=O) groups excluding carboxylic acids is 1. The van der Waals surface area contributed by atoms with Crippen molar-refractivity contribution >= 4 is 17.4 Å². The first kappa shape index (κ1) is 18.9. The lowest BCUT2D eigenvalue weighted by Gasteiger charge is -2.15. The van der Waals surface area contributed by atoms with Gasteiger partial charge in [0.15, 0.2) is 5.82 Å². The first-order chi connectivity index (χ1) is 14.2. The maximum absolute atomic E-state index is 13.0. The number of hydrogen-bond donors (Lipinski definition) is 2. The summed E-state index contributed by atoms with van der Waals surface area (Å²) >= 11 is 0. The van der Waals surface area contributed by atoms with Crippen LogP contribution in [-0.4, -0.2) is 29.0 Å². The minimum Gasteiger partial charge on any atom is -0.495 e. The van der Waals surface area contributed by atoms with E-state index in [0.717, 1.165) is 18.4 Å². The molecule has 0 aliphatic heterocycles. The lowest BCUT2D eigenvalue weighted by molar-refractivity contribution is 0.102. The van der Waals surface area contributed by atoms with Crippen molar-refractivity contribution in [2.75, 3.05) is 17.7 Å². The molecule has 148 valence electrons. The number of methoxy groups -OCH3 is 1. The Hall–Kier alpha value is -3.41. The molecule has 1 saturated carbocycles. The first-order valence-electron chi connectivity index (χ1n) is 9.88. The van der Waals surface area contributed by atoms with Crippen LogP contribution in [0.5, 0.6) is 5.75 Å². The number of para-hydroxylation sites is 2.